The first-order valence-corrected chi connectivity index (χ1v) is 6.38. The average Bonchev–Trinajstić information content (AvgIpc) is 2.28. The number of hydrogen-bond acceptors (Lipinski definition) is 1. The number of aliphatic hydroxyl groups excluding tert-OH is 1. The maximum Gasteiger partial charge on any atom is 0.0459 e. The van der Waals surface area contributed by atoms with Gasteiger partial charge in [0.2, 0.25) is 0 Å². The first kappa shape index (κ1) is 11.2. The minimum absolute atomic E-state index is 0.310. The van der Waals surface area contributed by atoms with E-state index in [1.54, 1.807) is 0 Å². The molecular weight excluding hydrogens is 252 g/mol. The molecule has 0 aliphatic heterocycles. The van der Waals surface area contributed by atoms with Crippen LogP contribution in [0.15, 0.2) is 22.7 Å². The normalized spacial score (nSPS) is 22.2. The van der Waals surface area contributed by atoms with E-state index in [0.717, 1.165) is 12.8 Å². The van der Waals surface area contributed by atoms with Crippen molar-refractivity contribution in [2.75, 3.05) is 6.61 Å². The van der Waals surface area contributed by atoms with E-state index in [-0.39, 0.29) is 0 Å². The topological polar surface area (TPSA) is 20.2 Å². The van der Waals surface area contributed by atoms with Crippen molar-refractivity contribution in [3.8, 4) is 0 Å². The molecule has 0 heterocycles. The van der Waals surface area contributed by atoms with Crippen LogP contribution in [0.2, 0.25) is 0 Å². The van der Waals surface area contributed by atoms with Crippen molar-refractivity contribution in [3.05, 3.63) is 33.8 Å². The van der Waals surface area contributed by atoms with Crippen molar-refractivity contribution in [1.29, 1.82) is 0 Å². The molecule has 2 heteroatoms. The second-order valence-electron chi connectivity index (χ2n) is 4.54. The lowest BCUT2D eigenvalue weighted by Crippen LogP contribution is -2.23. The van der Waals surface area contributed by atoms with Gasteiger partial charge in [0.05, 0.1) is 0 Å². The van der Waals surface area contributed by atoms with Crippen LogP contribution in [0.25, 0.3) is 0 Å². The first-order chi connectivity index (χ1) is 7.22. The summed E-state index contributed by atoms with van der Waals surface area (Å²) in [6.07, 6.45) is 3.48. The Kier molecular flexibility index (Phi) is 3.47. The van der Waals surface area contributed by atoms with E-state index in [0.29, 0.717) is 18.4 Å². The SMILES string of the molecule is CC(CO)C1CCc2cccc(Br)c2C1. The number of hydrogen-bond donors (Lipinski definition) is 1. The third kappa shape index (κ3) is 2.26. The fourth-order valence-corrected chi connectivity index (χ4v) is 2.98. The molecular formula is C13H17BrO. The van der Waals surface area contributed by atoms with Gasteiger partial charge >= 0.3 is 0 Å². The number of benzene rings is 1. The van der Waals surface area contributed by atoms with Crippen LogP contribution < -0.4 is 0 Å². The van der Waals surface area contributed by atoms with Crippen LogP contribution in [0.4, 0.5) is 0 Å². The molecule has 15 heavy (non-hydrogen) atoms. The summed E-state index contributed by atoms with van der Waals surface area (Å²) >= 11 is 3.62. The molecule has 0 saturated carbocycles. The van der Waals surface area contributed by atoms with Crippen molar-refractivity contribution < 1.29 is 5.11 Å². The molecule has 1 N–H and O–H groups in total. The van der Waals surface area contributed by atoms with Gasteiger partial charge in [-0.15, -0.1) is 0 Å². The predicted octanol–water partition coefficient (Wildman–Crippen LogP) is 3.18. The molecule has 1 nitrogen and oxygen atoms in total. The number of aryl methyl sites for hydroxylation is 1. The van der Waals surface area contributed by atoms with Crippen LogP contribution in [0.5, 0.6) is 0 Å². The second-order valence-corrected chi connectivity index (χ2v) is 5.39. The van der Waals surface area contributed by atoms with Gasteiger partial charge in [-0.05, 0) is 48.3 Å². The summed E-state index contributed by atoms with van der Waals surface area (Å²) in [5.41, 5.74) is 2.93. The lowest BCUT2D eigenvalue weighted by Gasteiger charge is -2.29. The van der Waals surface area contributed by atoms with Crippen LogP contribution in [-0.2, 0) is 12.8 Å². The highest BCUT2D eigenvalue weighted by molar-refractivity contribution is 9.10. The molecule has 2 unspecified atom stereocenters. The van der Waals surface area contributed by atoms with Crippen molar-refractivity contribution >= 4 is 15.9 Å². The van der Waals surface area contributed by atoms with Gasteiger partial charge in [-0.3, -0.25) is 0 Å². The fourth-order valence-electron chi connectivity index (χ4n) is 2.41. The summed E-state index contributed by atoms with van der Waals surface area (Å²) in [4.78, 5) is 0. The number of rotatable bonds is 2. The number of fused-ring (bicyclic) bond motifs is 1. The lowest BCUT2D eigenvalue weighted by molar-refractivity contribution is 0.178. The van der Waals surface area contributed by atoms with E-state index in [9.17, 15) is 5.11 Å². The largest absolute Gasteiger partial charge is 0.396 e. The third-order valence-corrected chi connectivity index (χ3v) is 4.30. The highest BCUT2D eigenvalue weighted by atomic mass is 79.9. The molecule has 0 fully saturated rings. The summed E-state index contributed by atoms with van der Waals surface area (Å²) in [5.74, 6) is 1.06. The van der Waals surface area contributed by atoms with E-state index < -0.39 is 0 Å². The Bertz CT molecular complexity index is 348. The quantitative estimate of drug-likeness (QED) is 0.874. The lowest BCUT2D eigenvalue weighted by atomic mass is 9.78. The summed E-state index contributed by atoms with van der Waals surface area (Å²) < 4.78 is 1.23. The minimum atomic E-state index is 0.310. The third-order valence-electron chi connectivity index (χ3n) is 3.56. The summed E-state index contributed by atoms with van der Waals surface area (Å²) in [7, 11) is 0. The van der Waals surface area contributed by atoms with Gasteiger partial charge in [-0.25, -0.2) is 0 Å². The Balaban J connectivity index is 2.22. The summed E-state index contributed by atoms with van der Waals surface area (Å²) in [6, 6.07) is 6.45. The Morgan fingerprint density at radius 2 is 2.33 bits per heavy atom. The minimum Gasteiger partial charge on any atom is -0.396 e. The van der Waals surface area contributed by atoms with Gasteiger partial charge in [-0.2, -0.15) is 0 Å². The van der Waals surface area contributed by atoms with Gasteiger partial charge in [0.25, 0.3) is 0 Å². The van der Waals surface area contributed by atoms with E-state index in [1.807, 2.05) is 0 Å². The molecule has 82 valence electrons. The molecule has 2 atom stereocenters. The second kappa shape index (κ2) is 4.67. The van der Waals surface area contributed by atoms with E-state index in [4.69, 9.17) is 0 Å². The van der Waals surface area contributed by atoms with Gasteiger partial charge in [-0.1, -0.05) is 35.0 Å². The number of halogens is 1. The van der Waals surface area contributed by atoms with Gasteiger partial charge in [0, 0.05) is 11.1 Å². The number of aliphatic hydroxyl groups is 1. The van der Waals surface area contributed by atoms with E-state index in [2.05, 4.69) is 41.1 Å². The molecule has 0 radical (unpaired) electrons. The van der Waals surface area contributed by atoms with Crippen molar-refractivity contribution in [2.45, 2.75) is 26.2 Å². The molecule has 0 aromatic heterocycles. The van der Waals surface area contributed by atoms with Gasteiger partial charge in [0.1, 0.15) is 0 Å². The smallest absolute Gasteiger partial charge is 0.0459 e. The molecule has 0 amide bonds. The fraction of sp³-hybridized carbons (Fsp3) is 0.538. The summed E-state index contributed by atoms with van der Waals surface area (Å²) in [6.45, 7) is 2.46. The zero-order valence-corrected chi connectivity index (χ0v) is 10.6. The standard InChI is InChI=1S/C13H17BrO/c1-9(8-15)11-6-5-10-3-2-4-13(14)12(10)7-11/h2-4,9,11,15H,5-8H2,1H3. The maximum atomic E-state index is 9.19. The van der Waals surface area contributed by atoms with Crippen LogP contribution in [0.3, 0.4) is 0 Å². The van der Waals surface area contributed by atoms with Crippen molar-refractivity contribution in [2.24, 2.45) is 11.8 Å². The monoisotopic (exact) mass is 268 g/mol. The molecule has 0 spiro atoms. The Labute approximate surface area is 99.6 Å². The van der Waals surface area contributed by atoms with Crippen molar-refractivity contribution in [1.82, 2.24) is 0 Å². The molecule has 1 aliphatic carbocycles. The average molecular weight is 269 g/mol. The Morgan fingerprint density at radius 3 is 3.07 bits per heavy atom. The molecule has 0 saturated heterocycles. The maximum absolute atomic E-state index is 9.19. The van der Waals surface area contributed by atoms with E-state index >= 15 is 0 Å². The van der Waals surface area contributed by atoms with Crippen LogP contribution in [-0.4, -0.2) is 11.7 Å². The zero-order valence-electron chi connectivity index (χ0n) is 9.04. The van der Waals surface area contributed by atoms with Crippen molar-refractivity contribution in [3.63, 3.8) is 0 Å². The van der Waals surface area contributed by atoms with Crippen LogP contribution >= 0.6 is 15.9 Å². The molecule has 0 bridgehead atoms. The Morgan fingerprint density at radius 1 is 1.53 bits per heavy atom. The van der Waals surface area contributed by atoms with Gasteiger partial charge in [0.15, 0.2) is 0 Å². The highest BCUT2D eigenvalue weighted by Gasteiger charge is 2.24. The van der Waals surface area contributed by atoms with Crippen LogP contribution in [0, 0.1) is 11.8 Å². The Hall–Kier alpha value is -0.340. The molecule has 2 rings (SSSR count). The predicted molar refractivity (Wildman–Crippen MR) is 65.9 cm³/mol. The van der Waals surface area contributed by atoms with E-state index in [1.165, 1.54) is 22.0 Å². The van der Waals surface area contributed by atoms with Gasteiger partial charge < -0.3 is 5.11 Å². The molecule has 1 aromatic rings. The molecule has 1 aromatic carbocycles. The summed E-state index contributed by atoms with van der Waals surface area (Å²) in [5, 5.41) is 9.19. The zero-order chi connectivity index (χ0) is 10.8. The molecule has 1 aliphatic rings. The van der Waals surface area contributed by atoms with Crippen LogP contribution in [0.1, 0.15) is 24.5 Å². The highest BCUT2D eigenvalue weighted by Crippen LogP contribution is 2.33. The first-order valence-electron chi connectivity index (χ1n) is 5.59.